The average molecular weight is 342 g/mol. The number of hydrogen-bond donors (Lipinski definition) is 0. The molecule has 0 bridgehead atoms. The van der Waals surface area contributed by atoms with Gasteiger partial charge in [0.2, 0.25) is 4.80 Å². The molecule has 0 saturated carbocycles. The van der Waals surface area contributed by atoms with Gasteiger partial charge in [-0.05, 0) is 30.2 Å². The molecule has 1 aromatic heterocycles. The van der Waals surface area contributed by atoms with E-state index < -0.39 is 0 Å². The average Bonchev–Trinajstić information content (AvgIpc) is 2.91. The molecule has 1 heterocycles. The molecule has 2 aromatic carbocycles. The van der Waals surface area contributed by atoms with Gasteiger partial charge in [-0.15, -0.1) is 16.4 Å². The molecule has 5 heteroatoms. The summed E-state index contributed by atoms with van der Waals surface area (Å²) in [5.41, 5.74) is 4.47. The summed E-state index contributed by atoms with van der Waals surface area (Å²) in [5, 5.41) is 11.3. The van der Waals surface area contributed by atoms with Gasteiger partial charge in [0.1, 0.15) is 0 Å². The van der Waals surface area contributed by atoms with Crippen molar-refractivity contribution >= 4 is 29.2 Å². The minimum Gasteiger partial charge on any atom is -0.318 e. The topological polar surface area (TPSA) is 29.6 Å². The molecule has 0 fully saturated rings. The minimum atomic E-state index is 0.735. The summed E-state index contributed by atoms with van der Waals surface area (Å²) < 4.78 is 2.03. The molecular weight excluding hydrogens is 326 g/mol. The first-order valence-corrected chi connectivity index (χ1v) is 8.43. The highest BCUT2D eigenvalue weighted by molar-refractivity contribution is 7.07. The van der Waals surface area contributed by atoms with E-state index in [-0.39, 0.29) is 0 Å². The highest BCUT2D eigenvalue weighted by atomic mass is 35.5. The van der Waals surface area contributed by atoms with E-state index in [1.165, 1.54) is 5.56 Å². The Kier molecular flexibility index (Phi) is 4.74. The lowest BCUT2D eigenvalue weighted by atomic mass is 10.2. The molecule has 0 aliphatic carbocycles. The van der Waals surface area contributed by atoms with Gasteiger partial charge in [0.25, 0.3) is 0 Å². The van der Waals surface area contributed by atoms with Crippen LogP contribution in [0.5, 0.6) is 0 Å². The normalized spacial score (nSPS) is 12.2. The predicted molar refractivity (Wildman–Crippen MR) is 98.1 cm³/mol. The van der Waals surface area contributed by atoms with Gasteiger partial charge in [0.15, 0.2) is 0 Å². The fourth-order valence-corrected chi connectivity index (χ4v) is 3.13. The number of nitrogens with zero attached hydrogens (tertiary/aromatic N) is 3. The van der Waals surface area contributed by atoms with Crippen molar-refractivity contribution in [3.8, 4) is 11.3 Å². The van der Waals surface area contributed by atoms with Crippen molar-refractivity contribution in [3.63, 3.8) is 0 Å². The predicted octanol–water partition coefficient (Wildman–Crippen LogP) is 4.65. The highest BCUT2D eigenvalue weighted by Crippen LogP contribution is 2.21. The lowest BCUT2D eigenvalue weighted by molar-refractivity contribution is 0.864. The molecule has 0 spiro atoms. The van der Waals surface area contributed by atoms with E-state index in [2.05, 4.69) is 34.6 Å². The second-order valence-corrected chi connectivity index (χ2v) is 6.50. The Bertz CT molecular complexity index is 887. The molecule has 0 N–H and O–H groups in total. The maximum absolute atomic E-state index is 5.94. The van der Waals surface area contributed by atoms with Gasteiger partial charge in [0.05, 0.1) is 11.9 Å². The van der Waals surface area contributed by atoms with Crippen LogP contribution in [0.3, 0.4) is 0 Å². The zero-order valence-corrected chi connectivity index (χ0v) is 14.5. The third-order valence-corrected chi connectivity index (χ3v) is 4.65. The highest BCUT2D eigenvalue weighted by Gasteiger charge is 2.04. The third-order valence-electron chi connectivity index (χ3n) is 3.49. The number of hydrogen-bond acceptors (Lipinski definition) is 3. The van der Waals surface area contributed by atoms with Crippen molar-refractivity contribution in [2.24, 2.45) is 17.3 Å². The SMILES string of the molecule is Cc1ccc(/C=N\N=c2/scc(-c3ccc(Cl)cc3)n2C)cc1. The van der Waals surface area contributed by atoms with Gasteiger partial charge in [-0.1, -0.05) is 53.6 Å². The Morgan fingerprint density at radius 3 is 2.43 bits per heavy atom. The maximum Gasteiger partial charge on any atom is 0.210 e. The first kappa shape index (κ1) is 15.7. The molecule has 0 atom stereocenters. The summed E-state index contributed by atoms with van der Waals surface area (Å²) >= 11 is 7.50. The molecule has 0 aliphatic rings. The number of halogens is 1. The van der Waals surface area contributed by atoms with Crippen LogP contribution in [0.25, 0.3) is 11.3 Å². The monoisotopic (exact) mass is 341 g/mol. The van der Waals surface area contributed by atoms with E-state index >= 15 is 0 Å². The van der Waals surface area contributed by atoms with Crippen LogP contribution < -0.4 is 4.80 Å². The standard InChI is InChI=1S/C18H16ClN3S/c1-13-3-5-14(6-4-13)11-20-21-18-22(2)17(12-23-18)15-7-9-16(19)10-8-15/h3-12H,1-2H3/b20-11-,21-18-. The Hall–Kier alpha value is -2.17. The van der Waals surface area contributed by atoms with Crippen LogP contribution in [-0.4, -0.2) is 10.8 Å². The summed E-state index contributed by atoms with van der Waals surface area (Å²) in [6.07, 6.45) is 1.77. The zero-order valence-electron chi connectivity index (χ0n) is 12.9. The quantitative estimate of drug-likeness (QED) is 0.490. The van der Waals surface area contributed by atoms with E-state index in [4.69, 9.17) is 11.6 Å². The smallest absolute Gasteiger partial charge is 0.210 e. The van der Waals surface area contributed by atoms with Gasteiger partial charge in [-0.25, -0.2) is 0 Å². The molecule has 0 saturated heterocycles. The van der Waals surface area contributed by atoms with Crippen molar-refractivity contribution < 1.29 is 0 Å². The Labute approximate surface area is 144 Å². The first-order valence-electron chi connectivity index (χ1n) is 7.18. The van der Waals surface area contributed by atoms with Crippen molar-refractivity contribution in [1.29, 1.82) is 0 Å². The second kappa shape index (κ2) is 6.94. The molecule has 116 valence electrons. The number of aryl methyl sites for hydroxylation is 1. The number of aromatic nitrogens is 1. The van der Waals surface area contributed by atoms with Crippen LogP contribution in [-0.2, 0) is 7.05 Å². The van der Waals surface area contributed by atoms with E-state index in [0.29, 0.717) is 0 Å². The van der Waals surface area contributed by atoms with E-state index in [1.807, 2.05) is 48.0 Å². The summed E-state index contributed by atoms with van der Waals surface area (Å²) in [7, 11) is 1.99. The lowest BCUT2D eigenvalue weighted by Gasteiger charge is -2.02. The van der Waals surface area contributed by atoms with Crippen molar-refractivity contribution in [2.45, 2.75) is 6.92 Å². The van der Waals surface area contributed by atoms with Gasteiger partial charge < -0.3 is 4.57 Å². The molecule has 0 aliphatic heterocycles. The fraction of sp³-hybridized carbons (Fsp3) is 0.111. The molecule has 0 unspecified atom stereocenters. The first-order chi connectivity index (χ1) is 11.1. The zero-order chi connectivity index (χ0) is 16.2. The second-order valence-electron chi connectivity index (χ2n) is 5.22. The van der Waals surface area contributed by atoms with Crippen LogP contribution in [0.4, 0.5) is 0 Å². The van der Waals surface area contributed by atoms with E-state index in [9.17, 15) is 0 Å². The summed E-state index contributed by atoms with van der Waals surface area (Å²) in [4.78, 5) is 0.846. The number of thiazole rings is 1. The van der Waals surface area contributed by atoms with Gasteiger partial charge in [-0.3, -0.25) is 0 Å². The maximum atomic E-state index is 5.94. The van der Waals surface area contributed by atoms with E-state index in [1.54, 1.807) is 17.6 Å². The summed E-state index contributed by atoms with van der Waals surface area (Å²) in [6, 6.07) is 16.0. The Morgan fingerprint density at radius 2 is 1.74 bits per heavy atom. The molecular formula is C18H16ClN3S. The minimum absolute atomic E-state index is 0.735. The van der Waals surface area contributed by atoms with Gasteiger partial charge in [-0.2, -0.15) is 5.10 Å². The lowest BCUT2D eigenvalue weighted by Crippen LogP contribution is -2.10. The van der Waals surface area contributed by atoms with Crippen molar-refractivity contribution in [2.75, 3.05) is 0 Å². The molecule has 0 amide bonds. The molecule has 23 heavy (non-hydrogen) atoms. The van der Waals surface area contributed by atoms with Crippen LogP contribution in [0.1, 0.15) is 11.1 Å². The molecule has 3 rings (SSSR count). The largest absolute Gasteiger partial charge is 0.318 e. The van der Waals surface area contributed by atoms with Crippen LogP contribution in [0, 0.1) is 6.92 Å². The third kappa shape index (κ3) is 3.78. The molecule has 0 radical (unpaired) electrons. The Balaban J connectivity index is 1.86. The molecule has 3 aromatic rings. The number of benzene rings is 2. The number of rotatable bonds is 3. The fourth-order valence-electron chi connectivity index (χ4n) is 2.14. The van der Waals surface area contributed by atoms with Crippen LogP contribution in [0.2, 0.25) is 5.02 Å². The Morgan fingerprint density at radius 1 is 1.04 bits per heavy atom. The van der Waals surface area contributed by atoms with Crippen LogP contribution >= 0.6 is 22.9 Å². The van der Waals surface area contributed by atoms with Crippen molar-refractivity contribution in [1.82, 2.24) is 4.57 Å². The van der Waals surface area contributed by atoms with E-state index in [0.717, 1.165) is 26.6 Å². The van der Waals surface area contributed by atoms with Gasteiger partial charge in [0, 0.05) is 17.5 Å². The molecule has 3 nitrogen and oxygen atoms in total. The summed E-state index contributed by atoms with van der Waals surface area (Å²) in [5.74, 6) is 0. The van der Waals surface area contributed by atoms with Gasteiger partial charge >= 0.3 is 0 Å². The van der Waals surface area contributed by atoms with Crippen LogP contribution in [0.15, 0.2) is 64.1 Å². The summed E-state index contributed by atoms with van der Waals surface area (Å²) in [6.45, 7) is 2.06. The van der Waals surface area contributed by atoms with Crippen molar-refractivity contribution in [3.05, 3.63) is 74.9 Å².